The van der Waals surface area contributed by atoms with E-state index in [1.807, 2.05) is 6.07 Å². The molecule has 3 heterocycles. The molecule has 1 N–H and O–H groups in total. The molecular formula is C17H16N4O2S. The maximum absolute atomic E-state index is 12.4. The predicted molar refractivity (Wildman–Crippen MR) is 89.7 cm³/mol. The standard InChI is InChI=1S/C17H16N4O2S/c18-10-12-9-15(24-11-12)17(23)21-7-3-14(4-8-21)20-16(22)13-1-5-19-6-2-13/h1-2,5-6,9,11,14H,3-4,7-8H2,(H,20,22). The SMILES string of the molecule is N#Cc1csc(C(=O)N2CCC(NC(=O)c3ccncc3)CC2)c1. The lowest BCUT2D eigenvalue weighted by atomic mass is 10.0. The summed E-state index contributed by atoms with van der Waals surface area (Å²) in [5.74, 6) is -0.153. The van der Waals surface area contributed by atoms with Gasteiger partial charge in [-0.3, -0.25) is 14.6 Å². The maximum atomic E-state index is 12.4. The van der Waals surface area contributed by atoms with Crippen LogP contribution in [-0.4, -0.2) is 40.8 Å². The molecule has 122 valence electrons. The second kappa shape index (κ2) is 7.23. The van der Waals surface area contributed by atoms with Gasteiger partial charge in [-0.2, -0.15) is 5.26 Å². The predicted octanol–water partition coefficient (Wildman–Crippen LogP) is 2.05. The lowest BCUT2D eigenvalue weighted by Crippen LogP contribution is -2.46. The van der Waals surface area contributed by atoms with E-state index >= 15 is 0 Å². The zero-order chi connectivity index (χ0) is 16.9. The van der Waals surface area contributed by atoms with Crippen LogP contribution in [0.2, 0.25) is 0 Å². The molecule has 0 aromatic carbocycles. The van der Waals surface area contributed by atoms with Gasteiger partial charge in [0.15, 0.2) is 0 Å². The third-order valence-electron chi connectivity index (χ3n) is 4.00. The largest absolute Gasteiger partial charge is 0.349 e. The summed E-state index contributed by atoms with van der Waals surface area (Å²) in [4.78, 5) is 30.8. The van der Waals surface area contributed by atoms with E-state index in [-0.39, 0.29) is 17.9 Å². The van der Waals surface area contributed by atoms with Crippen LogP contribution >= 0.6 is 11.3 Å². The lowest BCUT2D eigenvalue weighted by molar-refractivity contribution is 0.0702. The van der Waals surface area contributed by atoms with Gasteiger partial charge < -0.3 is 10.2 Å². The van der Waals surface area contributed by atoms with E-state index in [9.17, 15) is 9.59 Å². The molecule has 3 rings (SSSR count). The number of hydrogen-bond donors (Lipinski definition) is 1. The van der Waals surface area contributed by atoms with E-state index < -0.39 is 0 Å². The van der Waals surface area contributed by atoms with Gasteiger partial charge in [-0.15, -0.1) is 11.3 Å². The first-order chi connectivity index (χ1) is 11.7. The quantitative estimate of drug-likeness (QED) is 0.926. The first kappa shape index (κ1) is 16.1. The fraction of sp³-hybridized carbons (Fsp3) is 0.294. The van der Waals surface area contributed by atoms with Crippen molar-refractivity contribution in [3.05, 3.63) is 52.0 Å². The number of aromatic nitrogens is 1. The molecule has 6 nitrogen and oxygen atoms in total. The molecular weight excluding hydrogens is 324 g/mol. The summed E-state index contributed by atoms with van der Waals surface area (Å²) in [5.41, 5.74) is 1.11. The molecule has 0 unspecified atom stereocenters. The van der Waals surface area contributed by atoms with E-state index in [1.165, 1.54) is 11.3 Å². The van der Waals surface area contributed by atoms with Crippen LogP contribution in [0.1, 0.15) is 38.4 Å². The molecule has 0 radical (unpaired) electrons. The zero-order valence-electron chi connectivity index (χ0n) is 12.9. The van der Waals surface area contributed by atoms with E-state index in [4.69, 9.17) is 5.26 Å². The van der Waals surface area contributed by atoms with E-state index in [0.29, 0.717) is 29.1 Å². The number of carbonyl (C=O) groups is 2. The van der Waals surface area contributed by atoms with Crippen molar-refractivity contribution in [1.82, 2.24) is 15.2 Å². The Kier molecular flexibility index (Phi) is 4.87. The van der Waals surface area contributed by atoms with Gasteiger partial charge in [-0.05, 0) is 31.0 Å². The van der Waals surface area contributed by atoms with Crippen LogP contribution in [-0.2, 0) is 0 Å². The van der Waals surface area contributed by atoms with Crippen molar-refractivity contribution in [2.24, 2.45) is 0 Å². The van der Waals surface area contributed by atoms with E-state index in [0.717, 1.165) is 12.8 Å². The molecule has 2 aromatic heterocycles. The second-order valence-electron chi connectivity index (χ2n) is 5.59. The number of amides is 2. The number of hydrogen-bond acceptors (Lipinski definition) is 5. The molecule has 0 spiro atoms. The molecule has 0 aliphatic carbocycles. The summed E-state index contributed by atoms with van der Waals surface area (Å²) in [6.45, 7) is 1.19. The number of nitrogens with zero attached hydrogens (tertiary/aromatic N) is 3. The van der Waals surface area contributed by atoms with Gasteiger partial charge in [0.2, 0.25) is 0 Å². The van der Waals surface area contributed by atoms with Crippen LogP contribution in [0.4, 0.5) is 0 Å². The van der Waals surface area contributed by atoms with Crippen LogP contribution in [0, 0.1) is 11.3 Å². The fourth-order valence-electron chi connectivity index (χ4n) is 2.66. The Morgan fingerprint density at radius 2 is 2.00 bits per heavy atom. The Morgan fingerprint density at radius 3 is 2.62 bits per heavy atom. The number of piperidine rings is 1. The second-order valence-corrected chi connectivity index (χ2v) is 6.50. The molecule has 0 bridgehead atoms. The van der Waals surface area contributed by atoms with Crippen molar-refractivity contribution in [3.63, 3.8) is 0 Å². The number of nitriles is 1. The Morgan fingerprint density at radius 1 is 1.29 bits per heavy atom. The average Bonchev–Trinajstić information content (AvgIpc) is 3.11. The molecule has 0 saturated carbocycles. The highest BCUT2D eigenvalue weighted by molar-refractivity contribution is 7.12. The first-order valence-electron chi connectivity index (χ1n) is 7.66. The van der Waals surface area contributed by atoms with Crippen molar-refractivity contribution < 1.29 is 9.59 Å². The molecule has 0 atom stereocenters. The Labute approximate surface area is 143 Å². The molecule has 1 aliphatic rings. The van der Waals surface area contributed by atoms with E-state index in [2.05, 4.69) is 10.3 Å². The summed E-state index contributed by atoms with van der Waals surface area (Å²) in [6.07, 6.45) is 4.62. The van der Waals surface area contributed by atoms with Gasteiger partial charge in [0.1, 0.15) is 6.07 Å². The summed E-state index contributed by atoms with van der Waals surface area (Å²) < 4.78 is 0. The molecule has 2 aromatic rings. The van der Waals surface area contributed by atoms with Gasteiger partial charge in [-0.1, -0.05) is 0 Å². The highest BCUT2D eigenvalue weighted by Crippen LogP contribution is 2.19. The van der Waals surface area contributed by atoms with Gasteiger partial charge in [0, 0.05) is 42.5 Å². The number of carbonyl (C=O) groups excluding carboxylic acids is 2. The Hall–Kier alpha value is -2.72. The van der Waals surface area contributed by atoms with Crippen LogP contribution in [0.3, 0.4) is 0 Å². The van der Waals surface area contributed by atoms with Crippen molar-refractivity contribution in [2.45, 2.75) is 18.9 Å². The first-order valence-corrected chi connectivity index (χ1v) is 8.54. The average molecular weight is 340 g/mol. The number of pyridine rings is 1. The summed E-state index contributed by atoms with van der Waals surface area (Å²) >= 11 is 1.30. The number of likely N-dealkylation sites (tertiary alicyclic amines) is 1. The van der Waals surface area contributed by atoms with Crippen LogP contribution < -0.4 is 5.32 Å². The van der Waals surface area contributed by atoms with E-state index in [1.54, 1.807) is 40.9 Å². The minimum atomic E-state index is -0.112. The Bertz CT molecular complexity index is 773. The third kappa shape index (κ3) is 3.60. The summed E-state index contributed by atoms with van der Waals surface area (Å²) in [7, 11) is 0. The zero-order valence-corrected chi connectivity index (χ0v) is 13.8. The minimum absolute atomic E-state index is 0.0413. The Balaban J connectivity index is 1.53. The van der Waals surface area contributed by atoms with Gasteiger partial charge >= 0.3 is 0 Å². The van der Waals surface area contributed by atoms with Gasteiger partial charge in [0.25, 0.3) is 11.8 Å². The van der Waals surface area contributed by atoms with Crippen LogP contribution in [0.25, 0.3) is 0 Å². The number of nitrogens with one attached hydrogen (secondary N) is 1. The van der Waals surface area contributed by atoms with Crippen LogP contribution in [0.15, 0.2) is 36.0 Å². The molecule has 1 saturated heterocycles. The highest BCUT2D eigenvalue weighted by Gasteiger charge is 2.25. The van der Waals surface area contributed by atoms with Crippen LogP contribution in [0.5, 0.6) is 0 Å². The summed E-state index contributed by atoms with van der Waals surface area (Å²) in [6, 6.07) is 7.09. The fourth-order valence-corrected chi connectivity index (χ4v) is 3.46. The molecule has 1 fully saturated rings. The monoisotopic (exact) mass is 340 g/mol. The molecule has 7 heteroatoms. The van der Waals surface area contributed by atoms with Crippen molar-refractivity contribution in [1.29, 1.82) is 5.26 Å². The normalized spacial score (nSPS) is 14.9. The van der Waals surface area contributed by atoms with Crippen molar-refractivity contribution >= 4 is 23.2 Å². The maximum Gasteiger partial charge on any atom is 0.263 e. The molecule has 24 heavy (non-hydrogen) atoms. The van der Waals surface area contributed by atoms with Gasteiger partial charge in [0.05, 0.1) is 10.4 Å². The van der Waals surface area contributed by atoms with Crippen molar-refractivity contribution in [3.8, 4) is 6.07 Å². The third-order valence-corrected chi connectivity index (χ3v) is 4.92. The smallest absolute Gasteiger partial charge is 0.263 e. The topological polar surface area (TPSA) is 86.1 Å². The molecule has 2 amide bonds. The summed E-state index contributed by atoms with van der Waals surface area (Å²) in [5, 5.41) is 13.5. The highest BCUT2D eigenvalue weighted by atomic mass is 32.1. The lowest BCUT2D eigenvalue weighted by Gasteiger charge is -2.32. The van der Waals surface area contributed by atoms with Gasteiger partial charge in [-0.25, -0.2) is 0 Å². The number of rotatable bonds is 3. The number of thiophene rings is 1. The molecule has 1 aliphatic heterocycles. The minimum Gasteiger partial charge on any atom is -0.349 e. The van der Waals surface area contributed by atoms with Crippen molar-refractivity contribution in [2.75, 3.05) is 13.1 Å².